The second kappa shape index (κ2) is 18.4. The predicted octanol–water partition coefficient (Wildman–Crippen LogP) is 9.59. The zero-order valence-corrected chi connectivity index (χ0v) is 34.3. The fraction of sp³-hybridized carbons (Fsp3) is 0.316. The molecule has 312 valence electrons. The Morgan fingerprint density at radius 3 is 1.68 bits per heavy atom. The van der Waals surface area contributed by atoms with E-state index in [-0.39, 0.29) is 56.7 Å². The number of fused-ring (bicyclic) bond motifs is 2. The van der Waals surface area contributed by atoms with E-state index in [0.717, 1.165) is 79.6 Å². The minimum atomic E-state index is -4.61. The van der Waals surface area contributed by atoms with Gasteiger partial charge in [0.05, 0.1) is 55.6 Å². The van der Waals surface area contributed by atoms with Gasteiger partial charge in [0.25, 0.3) is 11.1 Å². The average Bonchev–Trinajstić information content (AvgIpc) is 4.04. The second-order valence-corrected chi connectivity index (χ2v) is 16.1. The maximum Gasteiger partial charge on any atom is 0.417 e. The molecule has 0 atom stereocenters. The number of likely N-dealkylation sites (tertiary alicyclic amines) is 2. The predicted molar refractivity (Wildman–Crippen MR) is 217 cm³/mol. The molecule has 0 bridgehead atoms. The van der Waals surface area contributed by atoms with Crippen molar-refractivity contribution in [2.75, 3.05) is 32.1 Å². The summed E-state index contributed by atoms with van der Waals surface area (Å²) < 4.78 is 79.6. The third-order valence-electron chi connectivity index (χ3n) is 9.39. The summed E-state index contributed by atoms with van der Waals surface area (Å²) in [6.07, 6.45) is -2.45. The van der Waals surface area contributed by atoms with Crippen molar-refractivity contribution in [1.29, 1.82) is 0 Å². The van der Waals surface area contributed by atoms with Gasteiger partial charge in [-0.25, -0.2) is 9.97 Å². The first kappa shape index (κ1) is 44.1. The Labute approximate surface area is 354 Å². The number of aromatic amines is 1. The molecule has 2 saturated heterocycles. The summed E-state index contributed by atoms with van der Waals surface area (Å²) in [5.41, 5.74) is -1.41. The van der Waals surface area contributed by atoms with Crippen LogP contribution in [0.5, 0.6) is 0 Å². The van der Waals surface area contributed by atoms with E-state index < -0.39 is 34.1 Å². The lowest BCUT2D eigenvalue weighted by Gasteiger charge is -2.15. The lowest BCUT2D eigenvalue weighted by Crippen LogP contribution is -2.34. The number of thiophene rings is 2. The molecule has 2 aliphatic rings. The van der Waals surface area contributed by atoms with E-state index >= 15 is 0 Å². The molecule has 2 aliphatic heterocycles. The highest BCUT2D eigenvalue weighted by Gasteiger charge is 2.35. The molecule has 2 aromatic carbocycles. The molecule has 0 saturated carbocycles. The van der Waals surface area contributed by atoms with Crippen LogP contribution in [0, 0.1) is 0 Å². The number of carbonyl (C=O) groups excluding carboxylic acids is 2. The van der Waals surface area contributed by atoms with Crippen LogP contribution in [0.1, 0.15) is 36.8 Å². The number of nitrogens with one attached hydrogen (secondary N) is 1. The molecule has 0 spiro atoms. The van der Waals surface area contributed by atoms with Gasteiger partial charge in [-0.05, 0) is 61.1 Å². The van der Waals surface area contributed by atoms with Crippen molar-refractivity contribution in [1.82, 2.24) is 29.3 Å². The van der Waals surface area contributed by atoms with Crippen LogP contribution in [-0.2, 0) is 28.5 Å². The number of halogens is 9. The van der Waals surface area contributed by atoms with E-state index in [9.17, 15) is 45.5 Å². The smallest absolute Gasteiger partial charge is 0.342 e. The molecule has 8 rings (SSSR count). The zero-order valence-electron chi connectivity index (χ0n) is 30.4. The summed E-state index contributed by atoms with van der Waals surface area (Å²) in [4.78, 5) is 63.0. The largest absolute Gasteiger partial charge is 0.417 e. The van der Waals surface area contributed by atoms with Gasteiger partial charge >= 0.3 is 12.4 Å². The van der Waals surface area contributed by atoms with Gasteiger partial charge in [0.2, 0.25) is 11.8 Å². The van der Waals surface area contributed by atoms with Gasteiger partial charge in [-0.2, -0.15) is 26.3 Å². The van der Waals surface area contributed by atoms with Gasteiger partial charge in [0, 0.05) is 46.7 Å². The molecule has 0 unspecified atom stereocenters. The highest BCUT2D eigenvalue weighted by Crippen LogP contribution is 2.41. The number of hydrogen-bond acceptors (Lipinski definition) is 8. The van der Waals surface area contributed by atoms with Gasteiger partial charge < -0.3 is 14.8 Å². The molecule has 6 aromatic rings. The molecule has 0 radical (unpaired) electrons. The normalized spacial score (nSPS) is 14.3. The number of carbonyl (C=O) groups is 2. The van der Waals surface area contributed by atoms with Crippen molar-refractivity contribution in [2.45, 2.75) is 44.6 Å². The summed E-state index contributed by atoms with van der Waals surface area (Å²) >= 11 is 18.9. The number of amides is 2. The Kier molecular flexibility index (Phi) is 13.8. The zero-order chi connectivity index (χ0) is 42.6. The van der Waals surface area contributed by atoms with Crippen molar-refractivity contribution < 1.29 is 35.9 Å². The monoisotopic (exact) mass is 918 g/mol. The van der Waals surface area contributed by atoms with Crippen LogP contribution in [0.15, 0.2) is 69.4 Å². The van der Waals surface area contributed by atoms with E-state index in [0.29, 0.717) is 33.9 Å². The molecule has 0 aliphatic carbocycles. The second-order valence-electron chi connectivity index (χ2n) is 13.3. The van der Waals surface area contributed by atoms with E-state index in [1.165, 1.54) is 35.4 Å². The number of nitrogens with zero attached hydrogens (tertiary/aromatic N) is 5. The van der Waals surface area contributed by atoms with Crippen molar-refractivity contribution in [3.8, 4) is 20.9 Å². The molecule has 1 N–H and O–H groups in total. The maximum absolute atomic E-state index is 13.2. The van der Waals surface area contributed by atoms with E-state index in [1.54, 1.807) is 15.7 Å². The van der Waals surface area contributed by atoms with Crippen molar-refractivity contribution >= 4 is 91.1 Å². The van der Waals surface area contributed by atoms with Crippen LogP contribution in [0.2, 0.25) is 10.0 Å². The van der Waals surface area contributed by atoms with Gasteiger partial charge in [-0.3, -0.25) is 23.7 Å². The average molecular weight is 920 g/mol. The van der Waals surface area contributed by atoms with Crippen LogP contribution in [0.4, 0.5) is 26.3 Å². The minimum Gasteiger partial charge on any atom is -0.342 e. The molecule has 2 fully saturated rings. The van der Waals surface area contributed by atoms with Crippen LogP contribution >= 0.6 is 57.5 Å². The first-order valence-corrected chi connectivity index (χ1v) is 20.8. The fourth-order valence-corrected chi connectivity index (χ4v) is 9.03. The Bertz CT molecular complexity index is 2620. The third kappa shape index (κ3) is 10.1. The number of alkyl halides is 7. The summed E-state index contributed by atoms with van der Waals surface area (Å²) in [6.45, 7) is 3.00. The van der Waals surface area contributed by atoms with Crippen LogP contribution in [0.3, 0.4) is 0 Å². The quantitative estimate of drug-likeness (QED) is 0.136. The van der Waals surface area contributed by atoms with Crippen molar-refractivity contribution in [3.63, 3.8) is 0 Å². The summed E-state index contributed by atoms with van der Waals surface area (Å²) in [5.74, 6) is 0.0440. The van der Waals surface area contributed by atoms with Gasteiger partial charge in [-0.1, -0.05) is 35.3 Å². The molecular formula is C38H31Cl3F6N6O4S2. The van der Waals surface area contributed by atoms with E-state index in [1.807, 2.05) is 4.90 Å². The summed E-state index contributed by atoms with van der Waals surface area (Å²) in [7, 11) is 0. The Morgan fingerprint density at radius 2 is 1.19 bits per heavy atom. The molecule has 2 amide bonds. The number of hydrogen-bond donors (Lipinski definition) is 1. The standard InChI is InChI=1S/C19H15ClF3N3O2S.C13H6ClF3N2OS.C6H10ClNO/c20-13-4-3-11(7-12(13)19(21,22)23)17-16-14(9-29-17)24-10-26(18(16)28)8-15(27)25-5-1-2-6-25;14-8-2-1-6(3-7(8)13(15,16)17)11-10-9(4-21-11)18-5-19-12(10)20;7-5-6(9)8-3-1-2-4-8/h3-4,7,9-10H,1-2,5-6,8H2;1-5H,(H,18,19,20);1-5H2. The van der Waals surface area contributed by atoms with Crippen LogP contribution in [-0.4, -0.2) is 73.2 Å². The van der Waals surface area contributed by atoms with Gasteiger partial charge in [-0.15, -0.1) is 34.3 Å². The minimum absolute atomic E-state index is 0.0779. The Morgan fingerprint density at radius 1 is 0.712 bits per heavy atom. The number of aromatic nitrogens is 4. The molecule has 21 heteroatoms. The topological polar surface area (TPSA) is 121 Å². The van der Waals surface area contributed by atoms with Crippen molar-refractivity contribution in [2.24, 2.45) is 0 Å². The SMILES string of the molecule is O=C(CCl)N1CCCC1.O=C(Cn1cnc2csc(-c3ccc(Cl)c(C(F)(F)F)c3)c2c1=O)N1CCCC1.O=c1[nH]cnc2csc(-c3ccc(Cl)c(C(F)(F)F)c3)c12. The fourth-order valence-electron chi connectivity index (χ4n) is 6.44. The Balaban J connectivity index is 0.000000169. The van der Waals surface area contributed by atoms with Gasteiger partial charge in [0.15, 0.2) is 0 Å². The van der Waals surface area contributed by atoms with Crippen molar-refractivity contribution in [3.05, 3.63) is 102 Å². The van der Waals surface area contributed by atoms with Crippen LogP contribution in [0.25, 0.3) is 42.7 Å². The van der Waals surface area contributed by atoms with Crippen LogP contribution < -0.4 is 11.1 Å². The number of benzene rings is 2. The third-order valence-corrected chi connectivity index (χ3v) is 12.3. The first-order valence-electron chi connectivity index (χ1n) is 17.7. The number of rotatable bonds is 5. The molecule has 10 nitrogen and oxygen atoms in total. The highest BCUT2D eigenvalue weighted by atomic mass is 35.5. The summed E-state index contributed by atoms with van der Waals surface area (Å²) in [5, 5.41) is 2.93. The molecular weight excluding hydrogens is 889 g/mol. The van der Waals surface area contributed by atoms with Gasteiger partial charge in [0.1, 0.15) is 12.4 Å². The van der Waals surface area contributed by atoms with E-state index in [2.05, 4.69) is 15.0 Å². The van der Waals surface area contributed by atoms with E-state index in [4.69, 9.17) is 34.8 Å². The maximum atomic E-state index is 13.2. The number of H-pyrrole nitrogens is 1. The lowest BCUT2D eigenvalue weighted by atomic mass is 10.1. The highest BCUT2D eigenvalue weighted by molar-refractivity contribution is 7.15. The Hall–Kier alpha value is -4.49. The molecule has 59 heavy (non-hydrogen) atoms. The lowest BCUT2D eigenvalue weighted by molar-refractivity contribution is -0.138. The summed E-state index contributed by atoms with van der Waals surface area (Å²) in [6, 6.07) is 7.11. The molecule has 4 aromatic heterocycles. The first-order chi connectivity index (χ1) is 28.0. The molecule has 6 heterocycles.